The topological polar surface area (TPSA) is 78.0 Å². The Labute approximate surface area is 134 Å². The number of nitrogens with two attached hydrogens (primary N) is 1. The second kappa shape index (κ2) is 5.38. The first-order valence-corrected chi connectivity index (χ1v) is 7.15. The van der Waals surface area contributed by atoms with Gasteiger partial charge in [-0.25, -0.2) is 23.1 Å². The van der Waals surface area contributed by atoms with Crippen LogP contribution in [0.25, 0.3) is 11.0 Å². The number of imidazole rings is 1. The SMILES string of the molecule is Nc1cc2c(cn1)nc(Nc1c(F)cc(F)cc1F)n2C1COC1. The molecule has 1 saturated heterocycles. The number of anilines is 3. The van der Waals surface area contributed by atoms with Gasteiger partial charge >= 0.3 is 0 Å². The van der Waals surface area contributed by atoms with Crippen molar-refractivity contribution in [2.45, 2.75) is 6.04 Å². The Morgan fingerprint density at radius 2 is 1.88 bits per heavy atom. The van der Waals surface area contributed by atoms with Gasteiger partial charge in [0.2, 0.25) is 5.95 Å². The van der Waals surface area contributed by atoms with Crippen LogP contribution >= 0.6 is 0 Å². The van der Waals surface area contributed by atoms with Crippen molar-refractivity contribution < 1.29 is 17.9 Å². The molecular weight excluding hydrogens is 323 g/mol. The molecule has 3 N–H and O–H groups in total. The van der Waals surface area contributed by atoms with Crippen LogP contribution in [0.4, 0.5) is 30.6 Å². The van der Waals surface area contributed by atoms with Gasteiger partial charge in [-0.05, 0) is 0 Å². The van der Waals surface area contributed by atoms with Gasteiger partial charge in [-0.2, -0.15) is 0 Å². The summed E-state index contributed by atoms with van der Waals surface area (Å²) >= 11 is 0. The van der Waals surface area contributed by atoms with Crippen LogP contribution in [-0.4, -0.2) is 27.7 Å². The van der Waals surface area contributed by atoms with E-state index in [2.05, 4.69) is 15.3 Å². The number of hydrogen-bond acceptors (Lipinski definition) is 5. The van der Waals surface area contributed by atoms with Gasteiger partial charge in [0.05, 0.1) is 31.0 Å². The Balaban J connectivity index is 1.85. The summed E-state index contributed by atoms with van der Waals surface area (Å²) in [6, 6.07) is 2.78. The number of halogens is 3. The standard InChI is InChI=1S/C15H12F3N5O/c16-7-1-9(17)14(10(18)2-7)22-15-21-11-4-20-13(19)3-12(11)23(15)8-5-24-6-8/h1-4,8H,5-6H2,(H2,19,20)(H,21,22). The zero-order chi connectivity index (χ0) is 16.8. The predicted molar refractivity (Wildman–Crippen MR) is 81.4 cm³/mol. The highest BCUT2D eigenvalue weighted by Crippen LogP contribution is 2.32. The first-order valence-electron chi connectivity index (χ1n) is 7.15. The maximum absolute atomic E-state index is 13.9. The third-order valence-corrected chi connectivity index (χ3v) is 3.83. The monoisotopic (exact) mass is 335 g/mol. The average Bonchev–Trinajstić information content (AvgIpc) is 2.79. The van der Waals surface area contributed by atoms with E-state index in [0.717, 1.165) is 0 Å². The largest absolute Gasteiger partial charge is 0.384 e. The van der Waals surface area contributed by atoms with Crippen molar-refractivity contribution in [1.29, 1.82) is 0 Å². The van der Waals surface area contributed by atoms with Gasteiger partial charge in [0.1, 0.15) is 22.8 Å². The van der Waals surface area contributed by atoms with Crippen LogP contribution in [0.1, 0.15) is 6.04 Å². The quantitative estimate of drug-likeness (QED) is 0.769. The Morgan fingerprint density at radius 3 is 2.50 bits per heavy atom. The molecule has 0 unspecified atom stereocenters. The summed E-state index contributed by atoms with van der Waals surface area (Å²) in [4.78, 5) is 8.27. The van der Waals surface area contributed by atoms with Crippen LogP contribution in [0.3, 0.4) is 0 Å². The highest BCUT2D eigenvalue weighted by atomic mass is 19.1. The zero-order valence-electron chi connectivity index (χ0n) is 12.3. The van der Waals surface area contributed by atoms with Gasteiger partial charge in [0.25, 0.3) is 0 Å². The van der Waals surface area contributed by atoms with E-state index in [0.29, 0.717) is 42.2 Å². The Kier molecular flexibility index (Phi) is 3.31. The minimum atomic E-state index is -1.05. The van der Waals surface area contributed by atoms with Crippen LogP contribution in [0, 0.1) is 17.5 Å². The Hall–Kier alpha value is -2.81. The van der Waals surface area contributed by atoms with Gasteiger partial charge < -0.3 is 20.4 Å². The highest BCUT2D eigenvalue weighted by molar-refractivity contribution is 5.81. The molecule has 1 aromatic carbocycles. The van der Waals surface area contributed by atoms with Gasteiger partial charge in [-0.15, -0.1) is 0 Å². The molecule has 24 heavy (non-hydrogen) atoms. The lowest BCUT2D eigenvalue weighted by Gasteiger charge is -2.29. The van der Waals surface area contributed by atoms with Crippen LogP contribution in [-0.2, 0) is 4.74 Å². The fourth-order valence-electron chi connectivity index (χ4n) is 2.62. The van der Waals surface area contributed by atoms with Crippen molar-refractivity contribution in [3.05, 3.63) is 41.8 Å². The number of hydrogen-bond donors (Lipinski definition) is 2. The number of benzene rings is 1. The number of fused-ring (bicyclic) bond motifs is 1. The second-order valence-corrected chi connectivity index (χ2v) is 5.46. The Bertz CT molecular complexity index is 915. The molecule has 0 spiro atoms. The van der Waals surface area contributed by atoms with Crippen molar-refractivity contribution in [1.82, 2.24) is 14.5 Å². The van der Waals surface area contributed by atoms with E-state index in [4.69, 9.17) is 10.5 Å². The van der Waals surface area contributed by atoms with E-state index in [9.17, 15) is 13.2 Å². The van der Waals surface area contributed by atoms with Gasteiger partial charge in [-0.1, -0.05) is 0 Å². The van der Waals surface area contributed by atoms with Crippen LogP contribution in [0.5, 0.6) is 0 Å². The van der Waals surface area contributed by atoms with Gasteiger partial charge in [-0.3, -0.25) is 0 Å². The molecule has 4 rings (SSSR count). The smallest absolute Gasteiger partial charge is 0.209 e. The van der Waals surface area contributed by atoms with Crippen molar-refractivity contribution in [2.24, 2.45) is 0 Å². The molecule has 2 aromatic heterocycles. The Morgan fingerprint density at radius 1 is 1.17 bits per heavy atom. The van der Waals surface area contributed by atoms with Crippen LogP contribution < -0.4 is 11.1 Å². The maximum atomic E-state index is 13.9. The molecule has 1 fully saturated rings. The van der Waals surface area contributed by atoms with Crippen molar-refractivity contribution in [2.75, 3.05) is 24.3 Å². The number of nitrogen functional groups attached to an aromatic ring is 1. The first kappa shape index (κ1) is 14.8. The van der Waals surface area contributed by atoms with E-state index < -0.39 is 23.1 Å². The molecule has 0 radical (unpaired) electrons. The summed E-state index contributed by atoms with van der Waals surface area (Å²) < 4.78 is 47.8. The second-order valence-electron chi connectivity index (χ2n) is 5.46. The van der Waals surface area contributed by atoms with Crippen molar-refractivity contribution in [3.63, 3.8) is 0 Å². The molecule has 124 valence electrons. The number of nitrogens with zero attached hydrogens (tertiary/aromatic N) is 3. The average molecular weight is 335 g/mol. The zero-order valence-corrected chi connectivity index (χ0v) is 12.3. The third-order valence-electron chi connectivity index (χ3n) is 3.83. The third kappa shape index (κ3) is 2.33. The van der Waals surface area contributed by atoms with E-state index in [1.54, 1.807) is 10.6 Å². The summed E-state index contributed by atoms with van der Waals surface area (Å²) in [5, 5.41) is 2.61. The number of rotatable bonds is 3. The molecule has 0 saturated carbocycles. The number of ether oxygens (including phenoxy) is 1. The first-order chi connectivity index (χ1) is 11.5. The number of pyridine rings is 1. The summed E-state index contributed by atoms with van der Waals surface area (Å²) in [7, 11) is 0. The molecule has 3 aromatic rings. The van der Waals surface area contributed by atoms with Crippen LogP contribution in [0.2, 0.25) is 0 Å². The fraction of sp³-hybridized carbons (Fsp3) is 0.200. The molecule has 0 bridgehead atoms. The molecule has 0 aliphatic carbocycles. The molecular formula is C15H12F3N5O. The fourth-order valence-corrected chi connectivity index (χ4v) is 2.62. The van der Waals surface area contributed by atoms with E-state index in [1.165, 1.54) is 6.20 Å². The molecule has 3 heterocycles. The lowest BCUT2D eigenvalue weighted by atomic mass is 10.2. The molecule has 1 aliphatic rings. The number of nitrogens with one attached hydrogen (secondary N) is 1. The van der Waals surface area contributed by atoms with Gasteiger partial charge in [0, 0.05) is 18.2 Å². The van der Waals surface area contributed by atoms with Gasteiger partial charge in [0.15, 0.2) is 11.6 Å². The summed E-state index contributed by atoms with van der Waals surface area (Å²) in [5.41, 5.74) is 6.42. The number of aromatic nitrogens is 3. The van der Waals surface area contributed by atoms with E-state index in [-0.39, 0.29) is 12.0 Å². The van der Waals surface area contributed by atoms with Crippen LogP contribution in [0.15, 0.2) is 24.4 Å². The molecule has 1 aliphatic heterocycles. The summed E-state index contributed by atoms with van der Waals surface area (Å²) in [6.45, 7) is 0.882. The predicted octanol–water partition coefficient (Wildman–Crippen LogP) is 2.75. The lowest BCUT2D eigenvalue weighted by molar-refractivity contribution is -0.0207. The molecule has 0 amide bonds. The lowest BCUT2D eigenvalue weighted by Crippen LogP contribution is -2.31. The van der Waals surface area contributed by atoms with E-state index >= 15 is 0 Å². The molecule has 0 atom stereocenters. The minimum Gasteiger partial charge on any atom is -0.384 e. The molecule has 9 heteroatoms. The minimum absolute atomic E-state index is 0.0501. The summed E-state index contributed by atoms with van der Waals surface area (Å²) in [6.07, 6.45) is 1.48. The van der Waals surface area contributed by atoms with Crippen molar-refractivity contribution >= 4 is 28.5 Å². The molecule has 6 nitrogen and oxygen atoms in total. The van der Waals surface area contributed by atoms with E-state index in [1.807, 2.05) is 0 Å². The summed E-state index contributed by atoms with van der Waals surface area (Å²) in [5.74, 6) is -2.58. The highest BCUT2D eigenvalue weighted by Gasteiger charge is 2.27. The van der Waals surface area contributed by atoms with Crippen molar-refractivity contribution in [3.8, 4) is 0 Å². The maximum Gasteiger partial charge on any atom is 0.209 e. The normalized spacial score (nSPS) is 14.8.